The van der Waals surface area contributed by atoms with Crippen molar-refractivity contribution in [3.8, 4) is 5.75 Å². The maximum atomic E-state index is 11.5. The first kappa shape index (κ1) is 11.6. The quantitative estimate of drug-likeness (QED) is 0.801. The van der Waals surface area contributed by atoms with Gasteiger partial charge in [0.2, 0.25) is 0 Å². The van der Waals surface area contributed by atoms with E-state index in [1.807, 2.05) is 37.3 Å². The van der Waals surface area contributed by atoms with Crippen molar-refractivity contribution in [3.63, 3.8) is 0 Å². The van der Waals surface area contributed by atoms with Crippen LogP contribution in [0.25, 0.3) is 0 Å². The summed E-state index contributed by atoms with van der Waals surface area (Å²) >= 11 is 0. The summed E-state index contributed by atoms with van der Waals surface area (Å²) in [4.78, 5) is 11.5. The fourth-order valence-electron chi connectivity index (χ4n) is 1.15. The van der Waals surface area contributed by atoms with Crippen LogP contribution in [0.2, 0.25) is 0 Å². The molecular formula is C12H17NO2. The largest absolute Gasteiger partial charge is 0.481 e. The molecule has 0 heterocycles. The monoisotopic (exact) mass is 207 g/mol. The second-order valence-electron chi connectivity index (χ2n) is 3.36. The van der Waals surface area contributed by atoms with E-state index in [1.54, 1.807) is 6.92 Å². The molecule has 0 aliphatic heterocycles. The maximum absolute atomic E-state index is 11.5. The van der Waals surface area contributed by atoms with Crippen LogP contribution in [0.1, 0.15) is 20.3 Å². The van der Waals surface area contributed by atoms with Gasteiger partial charge in [-0.15, -0.1) is 0 Å². The molecule has 0 unspecified atom stereocenters. The number of hydrogen-bond acceptors (Lipinski definition) is 2. The van der Waals surface area contributed by atoms with E-state index in [1.165, 1.54) is 0 Å². The normalized spacial score (nSPS) is 11.9. The highest BCUT2D eigenvalue weighted by Gasteiger charge is 2.12. The van der Waals surface area contributed by atoms with Gasteiger partial charge in [-0.1, -0.05) is 25.1 Å². The summed E-state index contributed by atoms with van der Waals surface area (Å²) in [6.45, 7) is 4.46. The average molecular weight is 207 g/mol. The van der Waals surface area contributed by atoms with E-state index >= 15 is 0 Å². The zero-order chi connectivity index (χ0) is 11.1. The van der Waals surface area contributed by atoms with E-state index in [9.17, 15) is 4.79 Å². The molecule has 0 saturated heterocycles. The Balaban J connectivity index is 2.41. The van der Waals surface area contributed by atoms with Crippen LogP contribution in [0, 0.1) is 0 Å². The molecule has 0 radical (unpaired) electrons. The topological polar surface area (TPSA) is 38.3 Å². The van der Waals surface area contributed by atoms with E-state index < -0.39 is 6.10 Å². The van der Waals surface area contributed by atoms with E-state index in [4.69, 9.17) is 4.74 Å². The van der Waals surface area contributed by atoms with Crippen LogP contribution in [0.5, 0.6) is 5.75 Å². The number of carbonyl (C=O) groups is 1. The predicted octanol–water partition coefficient (Wildman–Crippen LogP) is 1.98. The minimum atomic E-state index is -0.445. The maximum Gasteiger partial charge on any atom is 0.260 e. The number of nitrogens with one attached hydrogen (secondary N) is 1. The van der Waals surface area contributed by atoms with Crippen molar-refractivity contribution in [3.05, 3.63) is 30.3 Å². The molecule has 1 N–H and O–H groups in total. The van der Waals surface area contributed by atoms with Crippen LogP contribution in [-0.2, 0) is 4.79 Å². The second-order valence-corrected chi connectivity index (χ2v) is 3.36. The van der Waals surface area contributed by atoms with Crippen molar-refractivity contribution in [1.82, 2.24) is 5.32 Å². The SMILES string of the molecule is CCCNC(=O)[C@@H](C)Oc1ccccc1. The molecule has 0 saturated carbocycles. The van der Waals surface area contributed by atoms with E-state index in [0.717, 1.165) is 12.2 Å². The molecule has 3 nitrogen and oxygen atoms in total. The Morgan fingerprint density at radius 2 is 2.07 bits per heavy atom. The molecule has 1 aromatic rings. The second kappa shape index (κ2) is 6.06. The van der Waals surface area contributed by atoms with Crippen LogP contribution < -0.4 is 10.1 Å². The molecule has 15 heavy (non-hydrogen) atoms. The van der Waals surface area contributed by atoms with Crippen molar-refractivity contribution in [2.45, 2.75) is 26.4 Å². The van der Waals surface area contributed by atoms with Gasteiger partial charge in [0.25, 0.3) is 5.91 Å². The lowest BCUT2D eigenvalue weighted by Gasteiger charge is -2.14. The Morgan fingerprint density at radius 1 is 1.40 bits per heavy atom. The minimum absolute atomic E-state index is 0.0688. The molecule has 0 aliphatic rings. The van der Waals surface area contributed by atoms with Crippen LogP contribution >= 0.6 is 0 Å². The molecule has 82 valence electrons. The Hall–Kier alpha value is -1.51. The standard InChI is InChI=1S/C12H17NO2/c1-3-9-13-12(14)10(2)15-11-7-5-4-6-8-11/h4-8,10H,3,9H2,1-2H3,(H,13,14)/t10-/m1/s1. The van der Waals surface area contributed by atoms with Crippen molar-refractivity contribution in [2.75, 3.05) is 6.54 Å². The number of benzene rings is 1. The van der Waals surface area contributed by atoms with E-state index in [2.05, 4.69) is 5.32 Å². The first-order chi connectivity index (χ1) is 7.24. The van der Waals surface area contributed by atoms with E-state index in [-0.39, 0.29) is 5.91 Å². The fourth-order valence-corrected chi connectivity index (χ4v) is 1.15. The van der Waals surface area contributed by atoms with Gasteiger partial charge < -0.3 is 10.1 Å². The van der Waals surface area contributed by atoms with Crippen molar-refractivity contribution < 1.29 is 9.53 Å². The van der Waals surface area contributed by atoms with Gasteiger partial charge in [0.1, 0.15) is 5.75 Å². The first-order valence-electron chi connectivity index (χ1n) is 5.23. The molecule has 3 heteroatoms. The Kier molecular flexibility index (Phi) is 4.68. The third kappa shape index (κ3) is 4.02. The molecule has 0 aliphatic carbocycles. The highest BCUT2D eigenvalue weighted by Crippen LogP contribution is 2.10. The predicted molar refractivity (Wildman–Crippen MR) is 59.8 cm³/mol. The summed E-state index contributed by atoms with van der Waals surface area (Å²) in [5, 5.41) is 2.79. The number of hydrogen-bond donors (Lipinski definition) is 1. The van der Waals surface area contributed by atoms with Gasteiger partial charge in [0.15, 0.2) is 6.10 Å². The average Bonchev–Trinajstić information content (AvgIpc) is 2.27. The minimum Gasteiger partial charge on any atom is -0.481 e. The van der Waals surface area contributed by atoms with Crippen molar-refractivity contribution in [1.29, 1.82) is 0 Å². The van der Waals surface area contributed by atoms with Gasteiger partial charge in [-0.05, 0) is 25.5 Å². The molecule has 0 bridgehead atoms. The number of rotatable bonds is 5. The molecule has 0 aromatic heterocycles. The molecule has 1 aromatic carbocycles. The van der Waals surface area contributed by atoms with Crippen LogP contribution in [-0.4, -0.2) is 18.6 Å². The van der Waals surface area contributed by atoms with Crippen LogP contribution in [0.4, 0.5) is 0 Å². The van der Waals surface area contributed by atoms with Crippen molar-refractivity contribution >= 4 is 5.91 Å². The fraction of sp³-hybridized carbons (Fsp3) is 0.417. The molecule has 1 rings (SSSR count). The zero-order valence-electron chi connectivity index (χ0n) is 9.19. The number of carbonyl (C=O) groups excluding carboxylic acids is 1. The lowest BCUT2D eigenvalue weighted by molar-refractivity contribution is -0.127. The Labute approximate surface area is 90.4 Å². The molecular weight excluding hydrogens is 190 g/mol. The van der Waals surface area contributed by atoms with Gasteiger partial charge in [-0.25, -0.2) is 0 Å². The Morgan fingerprint density at radius 3 is 2.67 bits per heavy atom. The first-order valence-corrected chi connectivity index (χ1v) is 5.23. The zero-order valence-corrected chi connectivity index (χ0v) is 9.19. The number of amides is 1. The molecule has 1 amide bonds. The van der Waals surface area contributed by atoms with Crippen LogP contribution in [0.3, 0.4) is 0 Å². The van der Waals surface area contributed by atoms with Gasteiger partial charge in [-0.2, -0.15) is 0 Å². The highest BCUT2D eigenvalue weighted by atomic mass is 16.5. The van der Waals surface area contributed by atoms with Gasteiger partial charge in [-0.3, -0.25) is 4.79 Å². The van der Waals surface area contributed by atoms with Gasteiger partial charge in [0.05, 0.1) is 0 Å². The summed E-state index contributed by atoms with van der Waals surface area (Å²) < 4.78 is 5.46. The highest BCUT2D eigenvalue weighted by molar-refractivity contribution is 5.80. The molecule has 0 fully saturated rings. The number of para-hydroxylation sites is 1. The lowest BCUT2D eigenvalue weighted by Crippen LogP contribution is -2.36. The molecule has 1 atom stereocenters. The third-order valence-electron chi connectivity index (χ3n) is 1.97. The Bertz CT molecular complexity index is 298. The summed E-state index contributed by atoms with van der Waals surface area (Å²) in [5.41, 5.74) is 0. The summed E-state index contributed by atoms with van der Waals surface area (Å²) in [6, 6.07) is 9.35. The molecule has 0 spiro atoms. The number of ether oxygens (including phenoxy) is 1. The summed E-state index contributed by atoms with van der Waals surface area (Å²) in [7, 11) is 0. The van der Waals surface area contributed by atoms with Crippen LogP contribution in [0.15, 0.2) is 30.3 Å². The third-order valence-corrected chi connectivity index (χ3v) is 1.97. The van der Waals surface area contributed by atoms with Crippen molar-refractivity contribution in [2.24, 2.45) is 0 Å². The van der Waals surface area contributed by atoms with E-state index in [0.29, 0.717) is 6.54 Å². The summed E-state index contributed by atoms with van der Waals surface area (Å²) in [6.07, 6.45) is 0.489. The smallest absolute Gasteiger partial charge is 0.260 e. The lowest BCUT2D eigenvalue weighted by atomic mass is 10.3. The van der Waals surface area contributed by atoms with Gasteiger partial charge >= 0.3 is 0 Å². The van der Waals surface area contributed by atoms with Gasteiger partial charge in [0, 0.05) is 6.54 Å². The summed E-state index contributed by atoms with van der Waals surface area (Å²) in [5.74, 6) is 0.650.